The zero-order valence-corrected chi connectivity index (χ0v) is 9.90. The van der Waals surface area contributed by atoms with Gasteiger partial charge in [0, 0.05) is 12.2 Å². The third-order valence-electron chi connectivity index (χ3n) is 2.69. The van der Waals surface area contributed by atoms with E-state index in [2.05, 4.69) is 11.4 Å². The lowest BCUT2D eigenvalue weighted by Gasteiger charge is -2.18. The number of carbonyl (C=O) groups is 1. The third kappa shape index (κ3) is 2.63. The summed E-state index contributed by atoms with van der Waals surface area (Å²) in [7, 11) is 0. The molecule has 0 fully saturated rings. The zero-order chi connectivity index (χ0) is 12.1. The monoisotopic (exact) mass is 219 g/mol. The van der Waals surface area contributed by atoms with Crippen LogP contribution in [0.4, 0.5) is 0 Å². The first-order valence-corrected chi connectivity index (χ1v) is 5.47. The van der Waals surface area contributed by atoms with E-state index in [1.54, 1.807) is 29.8 Å². The van der Waals surface area contributed by atoms with E-state index in [0.29, 0.717) is 5.69 Å². The first-order chi connectivity index (χ1) is 7.60. The third-order valence-corrected chi connectivity index (χ3v) is 2.69. The molecular weight excluding hydrogens is 202 g/mol. The largest absolute Gasteiger partial charge is 0.352 e. The lowest BCUT2D eigenvalue weighted by atomic mass is 10.2. The van der Waals surface area contributed by atoms with Gasteiger partial charge in [-0.05, 0) is 32.4 Å². The zero-order valence-electron chi connectivity index (χ0n) is 9.90. The minimum absolute atomic E-state index is 0.0537. The number of nitriles is 1. The van der Waals surface area contributed by atoms with Crippen LogP contribution in [0.15, 0.2) is 18.3 Å². The number of aromatic nitrogens is 1. The van der Waals surface area contributed by atoms with Gasteiger partial charge in [-0.15, -0.1) is 0 Å². The van der Waals surface area contributed by atoms with Gasteiger partial charge in [-0.1, -0.05) is 6.92 Å². The fourth-order valence-corrected chi connectivity index (χ4v) is 1.42. The fourth-order valence-electron chi connectivity index (χ4n) is 1.42. The summed E-state index contributed by atoms with van der Waals surface area (Å²) < 4.78 is 1.68. The summed E-state index contributed by atoms with van der Waals surface area (Å²) in [5, 5.41) is 11.8. The molecule has 1 aromatic heterocycles. The van der Waals surface area contributed by atoms with Gasteiger partial charge in [-0.25, -0.2) is 0 Å². The molecular formula is C12H17N3O. The molecule has 0 aliphatic heterocycles. The first-order valence-electron chi connectivity index (χ1n) is 5.47. The van der Waals surface area contributed by atoms with Crippen molar-refractivity contribution in [2.75, 3.05) is 0 Å². The number of nitrogens with one attached hydrogen (secondary N) is 1. The van der Waals surface area contributed by atoms with E-state index < -0.39 is 0 Å². The van der Waals surface area contributed by atoms with E-state index >= 15 is 0 Å². The van der Waals surface area contributed by atoms with Crippen molar-refractivity contribution in [1.82, 2.24) is 9.88 Å². The topological polar surface area (TPSA) is 57.8 Å². The Morgan fingerprint density at radius 2 is 2.31 bits per heavy atom. The molecule has 0 spiro atoms. The quantitative estimate of drug-likeness (QED) is 0.840. The molecule has 4 heteroatoms. The van der Waals surface area contributed by atoms with Crippen molar-refractivity contribution in [2.24, 2.45) is 0 Å². The summed E-state index contributed by atoms with van der Waals surface area (Å²) in [6.45, 7) is 5.77. The summed E-state index contributed by atoms with van der Waals surface area (Å²) >= 11 is 0. The summed E-state index contributed by atoms with van der Waals surface area (Å²) in [6.07, 6.45) is 2.65. The highest BCUT2D eigenvalue weighted by Gasteiger charge is 2.17. The van der Waals surface area contributed by atoms with Crippen molar-refractivity contribution in [1.29, 1.82) is 5.26 Å². The highest BCUT2D eigenvalue weighted by molar-refractivity contribution is 5.80. The van der Waals surface area contributed by atoms with Gasteiger partial charge in [0.15, 0.2) is 0 Å². The maximum absolute atomic E-state index is 11.8. The highest BCUT2D eigenvalue weighted by atomic mass is 16.2. The lowest BCUT2D eigenvalue weighted by Crippen LogP contribution is -2.37. The average Bonchev–Trinajstić information content (AvgIpc) is 2.75. The number of hydrogen-bond acceptors (Lipinski definition) is 2. The van der Waals surface area contributed by atoms with Crippen molar-refractivity contribution in [2.45, 2.75) is 39.3 Å². The van der Waals surface area contributed by atoms with Crippen LogP contribution in [0, 0.1) is 11.3 Å². The van der Waals surface area contributed by atoms with Gasteiger partial charge in [0.2, 0.25) is 5.91 Å². The molecule has 0 aromatic carbocycles. The molecule has 16 heavy (non-hydrogen) atoms. The summed E-state index contributed by atoms with van der Waals surface area (Å²) in [5.74, 6) is -0.0537. The highest BCUT2D eigenvalue weighted by Crippen LogP contribution is 2.11. The second kappa shape index (κ2) is 5.36. The molecule has 0 saturated heterocycles. The maximum Gasteiger partial charge on any atom is 0.243 e. The van der Waals surface area contributed by atoms with Crippen molar-refractivity contribution in [3.8, 4) is 6.07 Å². The lowest BCUT2D eigenvalue weighted by molar-refractivity contribution is -0.124. The van der Waals surface area contributed by atoms with Crippen molar-refractivity contribution < 1.29 is 4.79 Å². The normalized spacial score (nSPS) is 13.9. The SMILES string of the molecule is CCC(C)NC(=O)C(C)n1cccc1C#N. The molecule has 1 N–H and O–H groups in total. The predicted molar refractivity (Wildman–Crippen MR) is 61.8 cm³/mol. The number of carbonyl (C=O) groups excluding carboxylic acids is 1. The molecule has 2 unspecified atom stereocenters. The second-order valence-corrected chi connectivity index (χ2v) is 3.91. The number of hydrogen-bond donors (Lipinski definition) is 1. The molecule has 1 heterocycles. The van der Waals surface area contributed by atoms with Crippen LogP contribution in [0.5, 0.6) is 0 Å². The van der Waals surface area contributed by atoms with E-state index in [-0.39, 0.29) is 18.0 Å². The molecule has 0 aliphatic rings. The van der Waals surface area contributed by atoms with Crippen molar-refractivity contribution >= 4 is 5.91 Å². The van der Waals surface area contributed by atoms with Gasteiger partial charge in [0.05, 0.1) is 0 Å². The Bertz CT molecular complexity index is 403. The minimum Gasteiger partial charge on any atom is -0.352 e. The molecule has 0 bridgehead atoms. The Hall–Kier alpha value is -1.76. The van der Waals surface area contributed by atoms with Gasteiger partial charge in [0.1, 0.15) is 17.8 Å². The van der Waals surface area contributed by atoms with Crippen molar-refractivity contribution in [3.05, 3.63) is 24.0 Å². The van der Waals surface area contributed by atoms with Gasteiger partial charge < -0.3 is 9.88 Å². The van der Waals surface area contributed by atoms with E-state index in [1.165, 1.54) is 0 Å². The van der Waals surface area contributed by atoms with Crippen LogP contribution >= 0.6 is 0 Å². The molecule has 0 radical (unpaired) electrons. The number of rotatable bonds is 4. The second-order valence-electron chi connectivity index (χ2n) is 3.91. The summed E-state index contributed by atoms with van der Waals surface area (Å²) in [5.41, 5.74) is 0.506. The van der Waals surface area contributed by atoms with Crippen LogP contribution in [0.25, 0.3) is 0 Å². The van der Waals surface area contributed by atoms with Gasteiger partial charge in [-0.3, -0.25) is 4.79 Å². The maximum atomic E-state index is 11.8. The van der Waals surface area contributed by atoms with Gasteiger partial charge in [0.25, 0.3) is 0 Å². The smallest absolute Gasteiger partial charge is 0.243 e. The van der Waals surface area contributed by atoms with Crippen molar-refractivity contribution in [3.63, 3.8) is 0 Å². The summed E-state index contributed by atoms with van der Waals surface area (Å²) in [6, 6.07) is 5.35. The molecule has 1 rings (SSSR count). The fraction of sp³-hybridized carbons (Fsp3) is 0.500. The van der Waals surface area contributed by atoms with Crippen LogP contribution in [0.2, 0.25) is 0 Å². The minimum atomic E-state index is -0.348. The van der Waals surface area contributed by atoms with Gasteiger partial charge >= 0.3 is 0 Å². The Kier molecular flexibility index (Phi) is 4.12. The standard InChI is InChI=1S/C12H17N3O/c1-4-9(2)14-12(16)10(3)15-7-5-6-11(15)8-13/h5-7,9-10H,4H2,1-3H3,(H,14,16). The molecule has 1 amide bonds. The molecule has 86 valence electrons. The summed E-state index contributed by atoms with van der Waals surface area (Å²) in [4.78, 5) is 11.8. The van der Waals surface area contributed by atoms with Gasteiger partial charge in [-0.2, -0.15) is 5.26 Å². The first kappa shape index (κ1) is 12.3. The predicted octanol–water partition coefficient (Wildman–Crippen LogP) is 1.84. The Labute approximate surface area is 95.9 Å². The molecule has 0 saturated carbocycles. The van der Waals surface area contributed by atoms with E-state index in [0.717, 1.165) is 6.42 Å². The molecule has 4 nitrogen and oxygen atoms in total. The van der Waals surface area contributed by atoms with Crippen LogP contribution in [0.1, 0.15) is 38.9 Å². The Morgan fingerprint density at radius 1 is 1.62 bits per heavy atom. The van der Waals surface area contributed by atoms with Crippen LogP contribution in [-0.2, 0) is 4.79 Å². The Balaban J connectivity index is 2.75. The molecule has 1 aromatic rings. The molecule has 0 aliphatic carbocycles. The van der Waals surface area contributed by atoms with E-state index in [1.807, 2.05) is 13.8 Å². The molecule has 2 atom stereocenters. The number of nitrogens with zero attached hydrogens (tertiary/aromatic N) is 2. The average molecular weight is 219 g/mol. The number of amides is 1. The van der Waals surface area contributed by atoms with E-state index in [9.17, 15) is 4.79 Å². The van der Waals surface area contributed by atoms with E-state index in [4.69, 9.17) is 5.26 Å². The van der Waals surface area contributed by atoms with Crippen LogP contribution < -0.4 is 5.32 Å². The van der Waals surface area contributed by atoms with Crippen LogP contribution in [-0.4, -0.2) is 16.5 Å². The van der Waals surface area contributed by atoms with Crippen LogP contribution in [0.3, 0.4) is 0 Å². The Morgan fingerprint density at radius 3 is 2.88 bits per heavy atom.